The summed E-state index contributed by atoms with van der Waals surface area (Å²) in [7, 11) is 0. The van der Waals surface area contributed by atoms with Crippen LogP contribution >= 0.6 is 15.9 Å². The molecular formula is C9H7BrN4. The molecule has 2 aromatic rings. The molecule has 0 fully saturated rings. The predicted molar refractivity (Wildman–Crippen MR) is 57.0 cm³/mol. The van der Waals surface area contributed by atoms with Crippen molar-refractivity contribution in [1.29, 1.82) is 0 Å². The van der Waals surface area contributed by atoms with Crippen LogP contribution in [-0.2, 0) is 0 Å². The summed E-state index contributed by atoms with van der Waals surface area (Å²) in [5, 5.41) is 0.872. The van der Waals surface area contributed by atoms with Gasteiger partial charge < -0.3 is 4.98 Å². The van der Waals surface area contributed by atoms with Crippen molar-refractivity contribution in [2.75, 3.05) is 5.33 Å². The number of alkyl halides is 1. The van der Waals surface area contributed by atoms with E-state index in [1.165, 1.54) is 6.33 Å². The molecule has 0 saturated heterocycles. The number of hydrogen-bond acceptors (Lipinski definition) is 3. The number of rotatable bonds is 1. The summed E-state index contributed by atoms with van der Waals surface area (Å²) in [5.74, 6) is 5.97. The van der Waals surface area contributed by atoms with Crippen molar-refractivity contribution in [2.24, 2.45) is 0 Å². The van der Waals surface area contributed by atoms with Gasteiger partial charge in [-0.15, -0.1) is 0 Å². The molecule has 2 heterocycles. The molecule has 0 aromatic carbocycles. The Hall–Kier alpha value is -1.41. The van der Waals surface area contributed by atoms with E-state index in [1.807, 2.05) is 0 Å². The first kappa shape index (κ1) is 9.16. The second kappa shape index (κ2) is 4.20. The molecule has 4 nitrogen and oxygen atoms in total. The second-order valence-electron chi connectivity index (χ2n) is 2.56. The minimum Gasteiger partial charge on any atom is -0.341 e. The summed E-state index contributed by atoms with van der Waals surface area (Å²) in [6.07, 6.45) is 3.87. The van der Waals surface area contributed by atoms with E-state index >= 15 is 0 Å². The number of aromatic nitrogens is 4. The summed E-state index contributed by atoms with van der Waals surface area (Å²) in [5.41, 5.74) is 2.16. The van der Waals surface area contributed by atoms with Crippen LogP contribution in [0.2, 0.25) is 0 Å². The van der Waals surface area contributed by atoms with Gasteiger partial charge in [0.1, 0.15) is 17.5 Å². The molecule has 2 aromatic heterocycles. The molecule has 0 bridgehead atoms. The van der Waals surface area contributed by atoms with Gasteiger partial charge in [0, 0.05) is 11.8 Å². The SMILES string of the molecule is BrCCC#Cc1ncnc2nc[nH]c12. The Morgan fingerprint density at radius 3 is 3.14 bits per heavy atom. The van der Waals surface area contributed by atoms with E-state index in [-0.39, 0.29) is 0 Å². The number of hydrogen-bond donors (Lipinski definition) is 1. The Morgan fingerprint density at radius 1 is 1.36 bits per heavy atom. The van der Waals surface area contributed by atoms with Crippen LogP contribution in [0.25, 0.3) is 11.2 Å². The van der Waals surface area contributed by atoms with Crippen molar-refractivity contribution in [3.05, 3.63) is 18.3 Å². The first-order valence-electron chi connectivity index (χ1n) is 4.10. The van der Waals surface area contributed by atoms with Gasteiger partial charge in [0.05, 0.1) is 6.33 Å². The van der Waals surface area contributed by atoms with Gasteiger partial charge in [-0.3, -0.25) is 0 Å². The lowest BCUT2D eigenvalue weighted by Crippen LogP contribution is -1.87. The van der Waals surface area contributed by atoms with Crippen LogP contribution in [0, 0.1) is 11.8 Å². The topological polar surface area (TPSA) is 54.5 Å². The van der Waals surface area contributed by atoms with E-state index in [0.29, 0.717) is 11.3 Å². The smallest absolute Gasteiger partial charge is 0.181 e. The van der Waals surface area contributed by atoms with Gasteiger partial charge >= 0.3 is 0 Å². The van der Waals surface area contributed by atoms with Crippen LogP contribution in [-0.4, -0.2) is 25.3 Å². The number of nitrogens with one attached hydrogen (secondary N) is 1. The van der Waals surface area contributed by atoms with Gasteiger partial charge in [-0.25, -0.2) is 15.0 Å². The third-order valence-electron chi connectivity index (χ3n) is 1.65. The highest BCUT2D eigenvalue weighted by Gasteiger charge is 2.01. The number of aromatic amines is 1. The molecule has 5 heteroatoms. The molecular weight excluding hydrogens is 244 g/mol. The van der Waals surface area contributed by atoms with Crippen LogP contribution in [0.15, 0.2) is 12.7 Å². The lowest BCUT2D eigenvalue weighted by molar-refractivity contribution is 1.18. The third-order valence-corrected chi connectivity index (χ3v) is 2.05. The highest BCUT2D eigenvalue weighted by molar-refractivity contribution is 9.09. The summed E-state index contributed by atoms with van der Waals surface area (Å²) < 4.78 is 0. The maximum atomic E-state index is 4.08. The largest absolute Gasteiger partial charge is 0.341 e. The fourth-order valence-corrected chi connectivity index (χ4v) is 1.25. The van der Waals surface area contributed by atoms with Gasteiger partial charge in [0.25, 0.3) is 0 Å². The molecule has 14 heavy (non-hydrogen) atoms. The van der Waals surface area contributed by atoms with Gasteiger partial charge in [-0.05, 0) is 5.92 Å². The number of halogens is 1. The molecule has 1 N–H and O–H groups in total. The van der Waals surface area contributed by atoms with E-state index < -0.39 is 0 Å². The third kappa shape index (κ3) is 1.75. The number of H-pyrrole nitrogens is 1. The Kier molecular flexibility index (Phi) is 2.75. The van der Waals surface area contributed by atoms with Gasteiger partial charge in [-0.1, -0.05) is 21.9 Å². The standard InChI is InChI=1S/C9H7BrN4/c10-4-2-1-3-7-8-9(13-5-11-7)14-6-12-8/h5-6H,2,4H2,(H,11,12,13,14). The molecule has 0 aliphatic rings. The fourth-order valence-electron chi connectivity index (χ4n) is 1.05. The van der Waals surface area contributed by atoms with Crippen LogP contribution in [0.4, 0.5) is 0 Å². The lowest BCUT2D eigenvalue weighted by Gasteiger charge is -1.89. The summed E-state index contributed by atoms with van der Waals surface area (Å²) in [6.45, 7) is 0. The van der Waals surface area contributed by atoms with Crippen molar-refractivity contribution in [2.45, 2.75) is 6.42 Å². The molecule has 0 radical (unpaired) electrons. The zero-order chi connectivity index (χ0) is 9.80. The number of fused-ring (bicyclic) bond motifs is 1. The normalized spacial score (nSPS) is 9.79. The van der Waals surface area contributed by atoms with Crippen molar-refractivity contribution in [3.63, 3.8) is 0 Å². The quantitative estimate of drug-likeness (QED) is 0.617. The monoisotopic (exact) mass is 250 g/mol. The first-order chi connectivity index (χ1) is 6.92. The molecule has 0 amide bonds. The van der Waals surface area contributed by atoms with Crippen LogP contribution in [0.3, 0.4) is 0 Å². The number of imidazole rings is 1. The molecule has 0 spiro atoms. The molecule has 0 aliphatic carbocycles. The molecule has 0 aliphatic heterocycles. The summed E-state index contributed by atoms with van der Waals surface area (Å²) in [4.78, 5) is 15.1. The van der Waals surface area contributed by atoms with E-state index in [2.05, 4.69) is 47.7 Å². The van der Waals surface area contributed by atoms with E-state index in [0.717, 1.165) is 17.3 Å². The highest BCUT2D eigenvalue weighted by atomic mass is 79.9. The average molecular weight is 251 g/mol. The van der Waals surface area contributed by atoms with Gasteiger partial charge in [0.15, 0.2) is 5.65 Å². The molecule has 0 saturated carbocycles. The predicted octanol–water partition coefficient (Wildman–Crippen LogP) is 1.49. The van der Waals surface area contributed by atoms with Crippen LogP contribution in [0.1, 0.15) is 12.1 Å². The maximum Gasteiger partial charge on any atom is 0.181 e. The summed E-state index contributed by atoms with van der Waals surface area (Å²) in [6, 6.07) is 0. The average Bonchev–Trinajstić information content (AvgIpc) is 2.67. The van der Waals surface area contributed by atoms with Crippen LogP contribution < -0.4 is 0 Å². The van der Waals surface area contributed by atoms with Crippen molar-refractivity contribution in [3.8, 4) is 11.8 Å². The molecule has 2 rings (SSSR count). The second-order valence-corrected chi connectivity index (χ2v) is 3.36. The first-order valence-corrected chi connectivity index (χ1v) is 5.23. The van der Waals surface area contributed by atoms with Crippen LogP contribution in [0.5, 0.6) is 0 Å². The van der Waals surface area contributed by atoms with E-state index in [1.54, 1.807) is 6.33 Å². The van der Waals surface area contributed by atoms with Gasteiger partial charge in [-0.2, -0.15) is 0 Å². The minimum atomic E-state index is 0.656. The number of nitrogens with zero attached hydrogens (tertiary/aromatic N) is 3. The van der Waals surface area contributed by atoms with E-state index in [4.69, 9.17) is 0 Å². The maximum absolute atomic E-state index is 4.08. The zero-order valence-electron chi connectivity index (χ0n) is 7.29. The lowest BCUT2D eigenvalue weighted by atomic mass is 10.3. The highest BCUT2D eigenvalue weighted by Crippen LogP contribution is 2.07. The Labute approximate surface area is 89.3 Å². The Balaban J connectivity index is 2.43. The minimum absolute atomic E-state index is 0.656. The zero-order valence-corrected chi connectivity index (χ0v) is 8.87. The summed E-state index contributed by atoms with van der Waals surface area (Å²) >= 11 is 3.31. The van der Waals surface area contributed by atoms with E-state index in [9.17, 15) is 0 Å². The Morgan fingerprint density at radius 2 is 2.29 bits per heavy atom. The molecule has 70 valence electrons. The Bertz CT molecular complexity index is 494. The fraction of sp³-hybridized carbons (Fsp3) is 0.222. The van der Waals surface area contributed by atoms with Crippen molar-refractivity contribution >= 4 is 27.1 Å². The molecule has 0 unspecified atom stereocenters. The van der Waals surface area contributed by atoms with Crippen molar-refractivity contribution < 1.29 is 0 Å². The van der Waals surface area contributed by atoms with Crippen molar-refractivity contribution in [1.82, 2.24) is 19.9 Å². The van der Waals surface area contributed by atoms with Gasteiger partial charge in [0.2, 0.25) is 0 Å². The molecule has 0 atom stereocenters.